The first kappa shape index (κ1) is 14.8. The number of nitrogens with one attached hydrogen (secondary N) is 1. The van der Waals surface area contributed by atoms with E-state index in [1.807, 2.05) is 12.1 Å². The summed E-state index contributed by atoms with van der Waals surface area (Å²) in [7, 11) is 2.05. The van der Waals surface area contributed by atoms with Crippen LogP contribution in [0.1, 0.15) is 12.5 Å². The molecule has 0 aliphatic heterocycles. The molecule has 1 N–H and O–H groups in total. The van der Waals surface area contributed by atoms with E-state index in [0.29, 0.717) is 0 Å². The highest BCUT2D eigenvalue weighted by molar-refractivity contribution is 9.10. The van der Waals surface area contributed by atoms with Crippen LogP contribution in [0.5, 0.6) is 0 Å². The number of likely N-dealkylation sites (N-methyl/N-ethyl adjacent to an activating group) is 1. The summed E-state index contributed by atoms with van der Waals surface area (Å²) in [4.78, 5) is 10.6. The lowest BCUT2D eigenvalue weighted by Crippen LogP contribution is -2.21. The molecule has 0 aliphatic carbocycles. The van der Waals surface area contributed by atoms with Crippen LogP contribution >= 0.6 is 15.9 Å². The van der Waals surface area contributed by atoms with Gasteiger partial charge in [-0.15, -0.1) is 0 Å². The third-order valence-electron chi connectivity index (χ3n) is 3.08. The van der Waals surface area contributed by atoms with E-state index in [4.69, 9.17) is 0 Å². The number of nitrogens with zero attached hydrogens (tertiary/aromatic N) is 3. The van der Waals surface area contributed by atoms with Crippen molar-refractivity contribution < 1.29 is 0 Å². The molecule has 2 aromatic rings. The van der Waals surface area contributed by atoms with Gasteiger partial charge in [0.25, 0.3) is 0 Å². The van der Waals surface area contributed by atoms with Gasteiger partial charge in [-0.1, -0.05) is 34.1 Å². The summed E-state index contributed by atoms with van der Waals surface area (Å²) < 4.78 is 1.16. The van der Waals surface area contributed by atoms with Crippen molar-refractivity contribution in [2.75, 3.05) is 30.4 Å². The molecule has 0 saturated heterocycles. The van der Waals surface area contributed by atoms with Crippen LogP contribution in [0.3, 0.4) is 0 Å². The highest BCUT2D eigenvalue weighted by Crippen LogP contribution is 2.18. The van der Waals surface area contributed by atoms with E-state index in [-0.39, 0.29) is 0 Å². The smallest absolute Gasteiger partial charge is 0.133 e. The SMILES string of the molecule is CCNc1cc(N(C)CCc2ccccc2Br)ncn1. The standard InChI is InChI=1S/C15H19BrN4/c1-3-17-14-10-15(19-11-18-14)20(2)9-8-12-6-4-5-7-13(12)16/h4-7,10-11H,3,8-9H2,1-2H3,(H,17,18,19). The molecule has 5 heteroatoms. The molecule has 1 aromatic carbocycles. The summed E-state index contributed by atoms with van der Waals surface area (Å²) in [5, 5.41) is 3.20. The molecule has 0 amide bonds. The minimum absolute atomic E-state index is 0.858. The van der Waals surface area contributed by atoms with Gasteiger partial charge in [-0.3, -0.25) is 0 Å². The van der Waals surface area contributed by atoms with Gasteiger partial charge < -0.3 is 10.2 Å². The Kier molecular flexibility index (Phi) is 5.35. The maximum atomic E-state index is 4.32. The molecule has 0 unspecified atom stereocenters. The van der Waals surface area contributed by atoms with Crippen molar-refractivity contribution in [2.24, 2.45) is 0 Å². The van der Waals surface area contributed by atoms with Gasteiger partial charge in [-0.2, -0.15) is 0 Å². The number of benzene rings is 1. The average Bonchev–Trinajstić information content (AvgIpc) is 2.47. The summed E-state index contributed by atoms with van der Waals surface area (Å²) >= 11 is 3.58. The van der Waals surface area contributed by atoms with Gasteiger partial charge in [0.05, 0.1) is 0 Å². The van der Waals surface area contributed by atoms with Crippen molar-refractivity contribution in [1.29, 1.82) is 0 Å². The van der Waals surface area contributed by atoms with Gasteiger partial charge in [-0.05, 0) is 25.0 Å². The summed E-state index contributed by atoms with van der Waals surface area (Å²) in [6.45, 7) is 3.82. The Morgan fingerprint density at radius 3 is 2.80 bits per heavy atom. The molecule has 0 aliphatic rings. The van der Waals surface area contributed by atoms with Crippen LogP contribution in [0.2, 0.25) is 0 Å². The normalized spacial score (nSPS) is 10.3. The topological polar surface area (TPSA) is 41.0 Å². The number of hydrogen-bond donors (Lipinski definition) is 1. The van der Waals surface area contributed by atoms with E-state index in [1.54, 1.807) is 6.33 Å². The molecule has 0 saturated carbocycles. The first-order valence-electron chi connectivity index (χ1n) is 6.71. The van der Waals surface area contributed by atoms with Crippen LogP contribution in [0.4, 0.5) is 11.6 Å². The van der Waals surface area contributed by atoms with E-state index in [2.05, 4.69) is 68.3 Å². The molecule has 1 heterocycles. The molecule has 0 atom stereocenters. The zero-order valence-electron chi connectivity index (χ0n) is 11.8. The van der Waals surface area contributed by atoms with Gasteiger partial charge in [0.2, 0.25) is 0 Å². The second-order valence-electron chi connectivity index (χ2n) is 4.55. The summed E-state index contributed by atoms with van der Waals surface area (Å²) in [6.07, 6.45) is 2.57. The third kappa shape index (κ3) is 3.93. The highest BCUT2D eigenvalue weighted by Gasteiger charge is 2.06. The Morgan fingerprint density at radius 1 is 1.25 bits per heavy atom. The molecule has 4 nitrogen and oxygen atoms in total. The molecule has 0 spiro atoms. The maximum absolute atomic E-state index is 4.32. The molecular weight excluding hydrogens is 316 g/mol. The number of halogens is 1. The summed E-state index contributed by atoms with van der Waals surface area (Å²) in [5.41, 5.74) is 1.31. The van der Waals surface area contributed by atoms with E-state index in [1.165, 1.54) is 5.56 Å². The molecule has 0 radical (unpaired) electrons. The number of aromatic nitrogens is 2. The van der Waals surface area contributed by atoms with Crippen LogP contribution in [0, 0.1) is 0 Å². The zero-order valence-corrected chi connectivity index (χ0v) is 13.4. The van der Waals surface area contributed by atoms with Crippen molar-refractivity contribution in [3.8, 4) is 0 Å². The van der Waals surface area contributed by atoms with Gasteiger partial charge >= 0.3 is 0 Å². The lowest BCUT2D eigenvalue weighted by Gasteiger charge is -2.19. The third-order valence-corrected chi connectivity index (χ3v) is 3.85. The first-order valence-corrected chi connectivity index (χ1v) is 7.50. The summed E-state index contributed by atoms with van der Waals surface area (Å²) in [6, 6.07) is 10.3. The molecular formula is C15H19BrN4. The van der Waals surface area contributed by atoms with Gasteiger partial charge in [-0.25, -0.2) is 9.97 Å². The van der Waals surface area contributed by atoms with E-state index in [0.717, 1.165) is 35.6 Å². The lowest BCUT2D eigenvalue weighted by atomic mass is 10.1. The minimum Gasteiger partial charge on any atom is -0.370 e. The molecule has 0 bridgehead atoms. The molecule has 1 aromatic heterocycles. The lowest BCUT2D eigenvalue weighted by molar-refractivity contribution is 0.853. The average molecular weight is 335 g/mol. The fourth-order valence-corrected chi connectivity index (χ4v) is 2.42. The van der Waals surface area contributed by atoms with Crippen molar-refractivity contribution >= 4 is 27.6 Å². The molecule has 106 valence electrons. The largest absolute Gasteiger partial charge is 0.370 e. The molecule has 20 heavy (non-hydrogen) atoms. The predicted octanol–water partition coefficient (Wildman–Crippen LogP) is 3.35. The van der Waals surface area contributed by atoms with E-state index >= 15 is 0 Å². The van der Waals surface area contributed by atoms with Crippen molar-refractivity contribution in [2.45, 2.75) is 13.3 Å². The fraction of sp³-hybridized carbons (Fsp3) is 0.333. The van der Waals surface area contributed by atoms with Crippen LogP contribution in [-0.4, -0.2) is 30.1 Å². The first-order chi connectivity index (χ1) is 9.70. The Morgan fingerprint density at radius 2 is 2.05 bits per heavy atom. The quantitative estimate of drug-likeness (QED) is 0.879. The predicted molar refractivity (Wildman–Crippen MR) is 87.3 cm³/mol. The fourth-order valence-electron chi connectivity index (χ4n) is 1.94. The van der Waals surface area contributed by atoms with Gasteiger partial charge in [0, 0.05) is 30.7 Å². The van der Waals surface area contributed by atoms with Gasteiger partial charge in [0.1, 0.15) is 18.0 Å². The maximum Gasteiger partial charge on any atom is 0.133 e. The highest BCUT2D eigenvalue weighted by atomic mass is 79.9. The van der Waals surface area contributed by atoms with E-state index < -0.39 is 0 Å². The van der Waals surface area contributed by atoms with Crippen molar-refractivity contribution in [3.05, 3.63) is 46.7 Å². The van der Waals surface area contributed by atoms with Crippen LogP contribution < -0.4 is 10.2 Å². The number of anilines is 2. The molecule has 0 fully saturated rings. The zero-order chi connectivity index (χ0) is 14.4. The van der Waals surface area contributed by atoms with Crippen molar-refractivity contribution in [3.63, 3.8) is 0 Å². The van der Waals surface area contributed by atoms with Crippen LogP contribution in [0.25, 0.3) is 0 Å². The Labute approximate surface area is 128 Å². The Balaban J connectivity index is 1.99. The van der Waals surface area contributed by atoms with Crippen LogP contribution in [0.15, 0.2) is 41.1 Å². The second kappa shape index (κ2) is 7.24. The van der Waals surface area contributed by atoms with Crippen molar-refractivity contribution in [1.82, 2.24) is 9.97 Å². The van der Waals surface area contributed by atoms with Gasteiger partial charge in [0.15, 0.2) is 0 Å². The minimum atomic E-state index is 0.858. The van der Waals surface area contributed by atoms with Crippen LogP contribution in [-0.2, 0) is 6.42 Å². The Bertz CT molecular complexity index is 559. The second-order valence-corrected chi connectivity index (χ2v) is 5.41. The Hall–Kier alpha value is -1.62. The monoisotopic (exact) mass is 334 g/mol. The summed E-state index contributed by atoms with van der Waals surface area (Å²) in [5.74, 6) is 1.80. The molecule has 2 rings (SSSR count). The number of rotatable bonds is 6. The number of hydrogen-bond acceptors (Lipinski definition) is 4. The van der Waals surface area contributed by atoms with E-state index in [9.17, 15) is 0 Å².